The monoisotopic (exact) mass is 337 g/mol. The van der Waals surface area contributed by atoms with E-state index in [-0.39, 0.29) is 5.95 Å². The molecule has 2 aromatic heterocycles. The van der Waals surface area contributed by atoms with Crippen LogP contribution in [-0.4, -0.2) is 52.6 Å². The van der Waals surface area contributed by atoms with Gasteiger partial charge in [0.2, 0.25) is 5.95 Å². The lowest BCUT2D eigenvalue weighted by Gasteiger charge is -2.34. The van der Waals surface area contributed by atoms with Gasteiger partial charge in [0.25, 0.3) is 0 Å². The van der Waals surface area contributed by atoms with E-state index in [0.29, 0.717) is 13.1 Å². The van der Waals surface area contributed by atoms with Gasteiger partial charge in [0.05, 0.1) is 0 Å². The molecule has 0 saturated carbocycles. The summed E-state index contributed by atoms with van der Waals surface area (Å²) in [5.74, 6) is 0.151. The average molecular weight is 337 g/mol. The first kappa shape index (κ1) is 16.6. The Labute approximate surface area is 138 Å². The van der Waals surface area contributed by atoms with Gasteiger partial charge in [-0.25, -0.2) is 9.97 Å². The van der Waals surface area contributed by atoms with E-state index in [4.69, 9.17) is 0 Å². The predicted molar refractivity (Wildman–Crippen MR) is 83.6 cm³/mol. The number of hydrogen-bond donors (Lipinski definition) is 0. The zero-order valence-corrected chi connectivity index (χ0v) is 13.1. The van der Waals surface area contributed by atoms with Crippen LogP contribution >= 0.6 is 0 Å². The van der Waals surface area contributed by atoms with Crippen molar-refractivity contribution in [3.63, 3.8) is 0 Å². The largest absolute Gasteiger partial charge is 0.433 e. The van der Waals surface area contributed by atoms with E-state index in [1.54, 1.807) is 17.3 Å². The maximum atomic E-state index is 12.7. The summed E-state index contributed by atoms with van der Waals surface area (Å²) < 4.78 is 38.2. The van der Waals surface area contributed by atoms with Crippen LogP contribution in [0.25, 0.3) is 0 Å². The molecule has 1 aliphatic heterocycles. The molecule has 0 bridgehead atoms. The van der Waals surface area contributed by atoms with Gasteiger partial charge in [-0.05, 0) is 30.2 Å². The molecule has 0 aliphatic carbocycles. The molecule has 5 nitrogen and oxygen atoms in total. The molecule has 0 spiro atoms. The van der Waals surface area contributed by atoms with Crippen molar-refractivity contribution in [1.29, 1.82) is 0 Å². The van der Waals surface area contributed by atoms with Crippen LogP contribution in [0.1, 0.15) is 11.3 Å². The first-order chi connectivity index (χ1) is 11.5. The molecule has 128 valence electrons. The lowest BCUT2D eigenvalue weighted by molar-refractivity contribution is -0.141. The maximum Gasteiger partial charge on any atom is 0.433 e. The van der Waals surface area contributed by atoms with Gasteiger partial charge < -0.3 is 4.90 Å². The van der Waals surface area contributed by atoms with Gasteiger partial charge in [-0.15, -0.1) is 0 Å². The fourth-order valence-corrected chi connectivity index (χ4v) is 2.67. The third-order valence-corrected chi connectivity index (χ3v) is 4.05. The van der Waals surface area contributed by atoms with Gasteiger partial charge in [0.15, 0.2) is 0 Å². The average Bonchev–Trinajstić information content (AvgIpc) is 2.61. The smallest absolute Gasteiger partial charge is 0.338 e. The maximum absolute atomic E-state index is 12.7. The Morgan fingerprint density at radius 2 is 1.67 bits per heavy atom. The molecule has 8 heteroatoms. The molecule has 2 aromatic rings. The molecule has 0 unspecified atom stereocenters. The van der Waals surface area contributed by atoms with Gasteiger partial charge >= 0.3 is 6.18 Å². The second-order valence-electron chi connectivity index (χ2n) is 5.67. The van der Waals surface area contributed by atoms with Crippen LogP contribution in [0.4, 0.5) is 19.1 Å². The first-order valence-corrected chi connectivity index (χ1v) is 7.79. The van der Waals surface area contributed by atoms with E-state index < -0.39 is 11.9 Å². The minimum atomic E-state index is -4.44. The number of nitrogens with zero attached hydrogens (tertiary/aromatic N) is 5. The van der Waals surface area contributed by atoms with E-state index in [1.807, 2.05) is 12.1 Å². The Kier molecular flexibility index (Phi) is 4.94. The molecule has 0 aromatic carbocycles. The van der Waals surface area contributed by atoms with Gasteiger partial charge in [-0.3, -0.25) is 9.88 Å². The van der Waals surface area contributed by atoms with Crippen molar-refractivity contribution in [3.05, 3.63) is 48.0 Å². The summed E-state index contributed by atoms with van der Waals surface area (Å²) in [4.78, 5) is 15.7. The van der Waals surface area contributed by atoms with Crippen molar-refractivity contribution >= 4 is 5.95 Å². The van der Waals surface area contributed by atoms with Crippen molar-refractivity contribution < 1.29 is 13.2 Å². The van der Waals surface area contributed by atoms with Crippen LogP contribution in [0.2, 0.25) is 0 Å². The van der Waals surface area contributed by atoms with Crippen molar-refractivity contribution in [2.75, 3.05) is 37.6 Å². The number of hydrogen-bond acceptors (Lipinski definition) is 5. The lowest BCUT2D eigenvalue weighted by atomic mass is 10.2. The molecule has 0 N–H and O–H groups in total. The summed E-state index contributed by atoms with van der Waals surface area (Å²) in [6, 6.07) is 4.88. The molecule has 0 amide bonds. The van der Waals surface area contributed by atoms with Crippen molar-refractivity contribution in [2.45, 2.75) is 12.6 Å². The number of piperazine rings is 1. The Morgan fingerprint density at radius 3 is 2.33 bits per heavy atom. The van der Waals surface area contributed by atoms with Crippen LogP contribution in [0.15, 0.2) is 36.8 Å². The third-order valence-electron chi connectivity index (χ3n) is 4.05. The standard InChI is InChI=1S/C16H18F3N5/c17-16(18,19)14-3-7-21-15(22-14)24-11-9-23(10-12-24)8-4-13-1-5-20-6-2-13/h1-3,5-7H,4,8-12H2. The van der Waals surface area contributed by atoms with Gasteiger partial charge in [0.1, 0.15) is 5.69 Å². The zero-order valence-electron chi connectivity index (χ0n) is 13.1. The number of anilines is 1. The van der Waals surface area contributed by atoms with E-state index in [0.717, 1.165) is 32.1 Å². The van der Waals surface area contributed by atoms with Crippen LogP contribution in [-0.2, 0) is 12.6 Å². The molecule has 1 fully saturated rings. The Balaban J connectivity index is 1.53. The molecule has 0 atom stereocenters. The van der Waals surface area contributed by atoms with Crippen molar-refractivity contribution in [3.8, 4) is 0 Å². The molecular formula is C16H18F3N5. The van der Waals surface area contributed by atoms with Crippen LogP contribution in [0.3, 0.4) is 0 Å². The fraction of sp³-hybridized carbons (Fsp3) is 0.438. The number of halogens is 3. The molecule has 1 aliphatic rings. The van der Waals surface area contributed by atoms with E-state index in [1.165, 1.54) is 11.8 Å². The number of pyridine rings is 1. The van der Waals surface area contributed by atoms with Gasteiger partial charge in [-0.2, -0.15) is 13.2 Å². The Bertz CT molecular complexity index is 654. The highest BCUT2D eigenvalue weighted by Gasteiger charge is 2.33. The summed E-state index contributed by atoms with van der Waals surface area (Å²) in [6.07, 6.45) is 1.21. The second-order valence-corrected chi connectivity index (χ2v) is 5.67. The molecule has 0 radical (unpaired) electrons. The van der Waals surface area contributed by atoms with E-state index in [9.17, 15) is 13.2 Å². The number of rotatable bonds is 4. The van der Waals surface area contributed by atoms with Crippen LogP contribution in [0.5, 0.6) is 0 Å². The summed E-state index contributed by atoms with van der Waals surface area (Å²) in [6.45, 7) is 3.73. The first-order valence-electron chi connectivity index (χ1n) is 7.79. The van der Waals surface area contributed by atoms with Crippen LogP contribution < -0.4 is 4.90 Å². The second kappa shape index (κ2) is 7.12. The lowest BCUT2D eigenvalue weighted by Crippen LogP contribution is -2.47. The molecule has 1 saturated heterocycles. The van der Waals surface area contributed by atoms with Gasteiger partial charge in [-0.1, -0.05) is 0 Å². The summed E-state index contributed by atoms with van der Waals surface area (Å²) in [5.41, 5.74) is 0.334. The minimum absolute atomic E-state index is 0.151. The number of aromatic nitrogens is 3. The molecular weight excluding hydrogens is 319 g/mol. The highest BCUT2D eigenvalue weighted by atomic mass is 19.4. The molecule has 3 rings (SSSR count). The Morgan fingerprint density at radius 1 is 0.958 bits per heavy atom. The number of alkyl halides is 3. The van der Waals surface area contributed by atoms with Crippen molar-refractivity contribution in [1.82, 2.24) is 19.9 Å². The van der Waals surface area contributed by atoms with E-state index in [2.05, 4.69) is 19.9 Å². The Hall–Kier alpha value is -2.22. The normalized spacial score (nSPS) is 16.4. The van der Waals surface area contributed by atoms with Gasteiger partial charge in [0, 0.05) is 51.3 Å². The summed E-state index contributed by atoms with van der Waals surface area (Å²) in [7, 11) is 0. The summed E-state index contributed by atoms with van der Waals surface area (Å²) in [5, 5.41) is 0. The minimum Gasteiger partial charge on any atom is -0.338 e. The topological polar surface area (TPSA) is 45.2 Å². The highest BCUT2D eigenvalue weighted by Crippen LogP contribution is 2.28. The third kappa shape index (κ3) is 4.19. The fourth-order valence-electron chi connectivity index (χ4n) is 2.67. The molecule has 24 heavy (non-hydrogen) atoms. The van der Waals surface area contributed by atoms with Crippen LogP contribution in [0, 0.1) is 0 Å². The summed E-state index contributed by atoms with van der Waals surface area (Å²) >= 11 is 0. The van der Waals surface area contributed by atoms with E-state index >= 15 is 0 Å². The SMILES string of the molecule is FC(F)(F)c1ccnc(N2CCN(CCc3ccncc3)CC2)n1. The van der Waals surface area contributed by atoms with Crippen molar-refractivity contribution in [2.24, 2.45) is 0 Å². The quantitative estimate of drug-likeness (QED) is 0.856. The predicted octanol–water partition coefficient (Wildman–Crippen LogP) is 2.26. The zero-order chi connectivity index (χ0) is 17.0. The highest BCUT2D eigenvalue weighted by molar-refractivity contribution is 5.31. The molecule has 3 heterocycles.